The van der Waals surface area contributed by atoms with Gasteiger partial charge in [-0.1, -0.05) is 29.8 Å². The number of amides is 2. The predicted octanol–water partition coefficient (Wildman–Crippen LogP) is 3.73. The molecule has 1 saturated heterocycles. The molecule has 2 amide bonds. The zero-order chi connectivity index (χ0) is 15.0. The smallest absolute Gasteiger partial charge is 0.234 e. The molecule has 2 heterocycles. The lowest BCUT2D eigenvalue weighted by Gasteiger charge is -2.30. The molecule has 1 aliphatic rings. The maximum absolute atomic E-state index is 12.4. The number of rotatable bonds is 2. The number of halogens is 1. The molecule has 1 aromatic carbocycles. The van der Waals surface area contributed by atoms with Gasteiger partial charge < -0.3 is 0 Å². The van der Waals surface area contributed by atoms with Gasteiger partial charge in [0.2, 0.25) is 11.8 Å². The maximum Gasteiger partial charge on any atom is 0.234 e. The Bertz CT molecular complexity index is 693. The van der Waals surface area contributed by atoms with Gasteiger partial charge in [0.25, 0.3) is 0 Å². The Morgan fingerprint density at radius 1 is 1.19 bits per heavy atom. The Balaban J connectivity index is 2.05. The monoisotopic (exact) mass is 363 g/mol. The molecule has 2 atom stereocenters. The first-order valence-corrected chi connectivity index (χ1v) is 8.36. The Morgan fingerprint density at radius 2 is 1.90 bits per heavy atom. The summed E-state index contributed by atoms with van der Waals surface area (Å²) in [5.41, 5.74) is 2.11. The van der Waals surface area contributed by atoms with E-state index in [1.807, 2.05) is 42.6 Å². The van der Waals surface area contributed by atoms with Crippen molar-refractivity contribution in [3.63, 3.8) is 0 Å². The first kappa shape index (κ1) is 14.5. The van der Waals surface area contributed by atoms with Crippen molar-refractivity contribution in [2.45, 2.75) is 25.2 Å². The Hall–Kier alpha value is -1.46. The van der Waals surface area contributed by atoms with Gasteiger partial charge in [-0.3, -0.25) is 14.9 Å². The lowest BCUT2D eigenvalue weighted by atomic mass is 9.79. The second kappa shape index (κ2) is 5.73. The van der Waals surface area contributed by atoms with Crippen LogP contribution >= 0.6 is 27.3 Å². The van der Waals surface area contributed by atoms with E-state index in [0.29, 0.717) is 6.42 Å². The van der Waals surface area contributed by atoms with Crippen LogP contribution in [0, 0.1) is 6.92 Å². The summed E-state index contributed by atoms with van der Waals surface area (Å²) in [4.78, 5) is 25.2. The molecule has 5 heteroatoms. The van der Waals surface area contributed by atoms with Gasteiger partial charge >= 0.3 is 0 Å². The fourth-order valence-corrected chi connectivity index (χ4v) is 4.55. The fourth-order valence-electron chi connectivity index (χ4n) is 2.74. The predicted molar refractivity (Wildman–Crippen MR) is 86.4 cm³/mol. The highest BCUT2D eigenvalue weighted by Gasteiger charge is 2.39. The normalized spacial score (nSPS) is 22.2. The van der Waals surface area contributed by atoms with Crippen LogP contribution in [0.25, 0.3) is 0 Å². The largest absolute Gasteiger partial charge is 0.296 e. The van der Waals surface area contributed by atoms with E-state index in [1.165, 1.54) is 0 Å². The number of aryl methyl sites for hydroxylation is 1. The molecule has 1 fully saturated rings. The molecule has 2 aromatic rings. The minimum Gasteiger partial charge on any atom is -0.296 e. The summed E-state index contributed by atoms with van der Waals surface area (Å²) in [5.74, 6) is -0.837. The summed E-state index contributed by atoms with van der Waals surface area (Å²) in [5, 5.41) is 4.44. The average molecular weight is 364 g/mol. The molecule has 1 N–H and O–H groups in total. The van der Waals surface area contributed by atoms with Gasteiger partial charge in [0, 0.05) is 21.7 Å². The van der Waals surface area contributed by atoms with Gasteiger partial charge in [-0.05, 0) is 39.9 Å². The molecule has 2 unspecified atom stereocenters. The van der Waals surface area contributed by atoms with Crippen LogP contribution in [0.2, 0.25) is 0 Å². The summed E-state index contributed by atoms with van der Waals surface area (Å²) in [6.07, 6.45) is 0.337. The van der Waals surface area contributed by atoms with E-state index in [-0.39, 0.29) is 23.7 Å². The molecular weight excluding hydrogens is 350 g/mol. The van der Waals surface area contributed by atoms with Crippen LogP contribution in [-0.2, 0) is 9.59 Å². The highest BCUT2D eigenvalue weighted by molar-refractivity contribution is 9.10. The van der Waals surface area contributed by atoms with Crippen molar-refractivity contribution in [2.24, 2.45) is 0 Å². The topological polar surface area (TPSA) is 46.2 Å². The van der Waals surface area contributed by atoms with E-state index >= 15 is 0 Å². The number of imide groups is 1. The zero-order valence-electron chi connectivity index (χ0n) is 11.4. The van der Waals surface area contributed by atoms with Gasteiger partial charge in [-0.2, -0.15) is 0 Å². The Morgan fingerprint density at radius 3 is 2.52 bits per heavy atom. The SMILES string of the molecule is Cc1ccc(C2C(=O)NC(=O)CC2c2sccc2Br)cc1. The molecule has 0 aliphatic carbocycles. The lowest BCUT2D eigenvalue weighted by molar-refractivity contribution is -0.135. The average Bonchev–Trinajstić information content (AvgIpc) is 2.85. The van der Waals surface area contributed by atoms with E-state index in [2.05, 4.69) is 21.2 Å². The Labute approximate surface area is 135 Å². The van der Waals surface area contributed by atoms with Crippen molar-refractivity contribution in [1.29, 1.82) is 0 Å². The van der Waals surface area contributed by atoms with Gasteiger partial charge in [0.05, 0.1) is 5.92 Å². The van der Waals surface area contributed by atoms with E-state index in [9.17, 15) is 9.59 Å². The van der Waals surface area contributed by atoms with Crippen molar-refractivity contribution < 1.29 is 9.59 Å². The van der Waals surface area contributed by atoms with Crippen molar-refractivity contribution in [3.8, 4) is 0 Å². The molecule has 21 heavy (non-hydrogen) atoms. The molecule has 1 aromatic heterocycles. The molecule has 0 bridgehead atoms. The van der Waals surface area contributed by atoms with Crippen LogP contribution in [0.15, 0.2) is 40.2 Å². The standard InChI is InChI=1S/C16H14BrNO2S/c1-9-2-4-10(5-3-9)14-11(8-13(19)18-16(14)20)15-12(17)6-7-21-15/h2-7,11,14H,8H2,1H3,(H,18,19,20). The third kappa shape index (κ3) is 2.80. The molecule has 108 valence electrons. The number of benzene rings is 1. The van der Waals surface area contributed by atoms with Crippen molar-refractivity contribution in [1.82, 2.24) is 5.32 Å². The summed E-state index contributed by atoms with van der Waals surface area (Å²) in [6.45, 7) is 2.02. The van der Waals surface area contributed by atoms with Crippen LogP contribution < -0.4 is 5.32 Å². The maximum atomic E-state index is 12.4. The van der Waals surface area contributed by atoms with Gasteiger partial charge in [0.1, 0.15) is 0 Å². The van der Waals surface area contributed by atoms with Crippen LogP contribution in [-0.4, -0.2) is 11.8 Å². The molecule has 0 saturated carbocycles. The number of hydrogen-bond acceptors (Lipinski definition) is 3. The number of carbonyl (C=O) groups excluding carboxylic acids is 2. The van der Waals surface area contributed by atoms with Crippen molar-refractivity contribution in [3.05, 3.63) is 56.2 Å². The van der Waals surface area contributed by atoms with Crippen LogP contribution in [0.5, 0.6) is 0 Å². The first-order chi connectivity index (χ1) is 10.1. The summed E-state index contributed by atoms with van der Waals surface area (Å²) < 4.78 is 0.970. The highest BCUT2D eigenvalue weighted by Crippen LogP contribution is 2.43. The van der Waals surface area contributed by atoms with E-state index in [1.54, 1.807) is 11.3 Å². The van der Waals surface area contributed by atoms with E-state index < -0.39 is 0 Å². The lowest BCUT2D eigenvalue weighted by Crippen LogP contribution is -2.43. The molecular formula is C16H14BrNO2S. The number of carbonyl (C=O) groups is 2. The highest BCUT2D eigenvalue weighted by atomic mass is 79.9. The molecule has 0 radical (unpaired) electrons. The number of piperidine rings is 1. The minimum absolute atomic E-state index is 0.108. The number of hydrogen-bond donors (Lipinski definition) is 1. The van der Waals surface area contributed by atoms with Crippen LogP contribution in [0.1, 0.15) is 34.3 Å². The summed E-state index contributed by atoms with van der Waals surface area (Å²) in [6, 6.07) is 9.91. The number of nitrogens with one attached hydrogen (secondary N) is 1. The molecule has 3 rings (SSSR count). The van der Waals surface area contributed by atoms with E-state index in [4.69, 9.17) is 0 Å². The van der Waals surface area contributed by atoms with Gasteiger partial charge in [-0.25, -0.2) is 0 Å². The second-order valence-corrected chi connectivity index (χ2v) is 7.05. The van der Waals surface area contributed by atoms with Crippen LogP contribution in [0.3, 0.4) is 0 Å². The van der Waals surface area contributed by atoms with E-state index in [0.717, 1.165) is 20.5 Å². The number of thiophene rings is 1. The molecule has 1 aliphatic heterocycles. The third-order valence-corrected chi connectivity index (χ3v) is 5.77. The summed E-state index contributed by atoms with van der Waals surface area (Å²) in [7, 11) is 0. The van der Waals surface area contributed by atoms with Gasteiger partial charge in [-0.15, -0.1) is 11.3 Å². The van der Waals surface area contributed by atoms with Crippen molar-refractivity contribution >= 4 is 39.1 Å². The first-order valence-electron chi connectivity index (χ1n) is 6.69. The molecule has 3 nitrogen and oxygen atoms in total. The van der Waals surface area contributed by atoms with Gasteiger partial charge in [0.15, 0.2) is 0 Å². The quantitative estimate of drug-likeness (QED) is 0.826. The minimum atomic E-state index is -0.321. The fraction of sp³-hybridized carbons (Fsp3) is 0.250. The zero-order valence-corrected chi connectivity index (χ0v) is 13.8. The second-order valence-electron chi connectivity index (χ2n) is 5.24. The van der Waals surface area contributed by atoms with Crippen molar-refractivity contribution in [2.75, 3.05) is 0 Å². The Kier molecular flexibility index (Phi) is 3.95. The summed E-state index contributed by atoms with van der Waals surface area (Å²) >= 11 is 5.10. The third-order valence-electron chi connectivity index (χ3n) is 3.77. The van der Waals surface area contributed by atoms with Crippen LogP contribution in [0.4, 0.5) is 0 Å². The molecule has 0 spiro atoms.